The zero-order valence-corrected chi connectivity index (χ0v) is 11.4. The quantitative estimate of drug-likeness (QED) is 0.600. The average Bonchev–Trinajstić information content (AvgIpc) is 2.81. The fourth-order valence-electron chi connectivity index (χ4n) is 1.76. The number of hydrogen-bond donors (Lipinski definition) is 2. The van der Waals surface area contributed by atoms with Gasteiger partial charge in [0.15, 0.2) is 0 Å². The van der Waals surface area contributed by atoms with E-state index < -0.39 is 25.7 Å². The van der Waals surface area contributed by atoms with Crippen LogP contribution >= 0.6 is 12.4 Å². The first kappa shape index (κ1) is 15.8. The Morgan fingerprint density at radius 1 is 1.53 bits per heavy atom. The van der Waals surface area contributed by atoms with Crippen LogP contribution in [0.4, 0.5) is 5.69 Å². The smallest absolute Gasteiger partial charge is 0.308 e. The number of nitrogens with one attached hydrogen (secondary N) is 2. The molecule has 0 aromatic carbocycles. The number of nitro groups is 1. The van der Waals surface area contributed by atoms with E-state index in [2.05, 4.69) is 15.0 Å². The third-order valence-corrected chi connectivity index (χ3v) is 4.05. The predicted molar refractivity (Wildman–Crippen MR) is 69.7 cm³/mol. The van der Waals surface area contributed by atoms with Gasteiger partial charge in [0.1, 0.15) is 0 Å². The normalized spacial score (nSPS) is 18.8. The van der Waals surface area contributed by atoms with Gasteiger partial charge in [-0.1, -0.05) is 0 Å². The first-order valence-corrected chi connectivity index (χ1v) is 6.81. The molecule has 1 aliphatic rings. The first-order valence-electron chi connectivity index (χ1n) is 5.33. The van der Waals surface area contributed by atoms with E-state index >= 15 is 0 Å². The number of pyridine rings is 1. The number of sulfonamides is 1. The zero-order valence-electron chi connectivity index (χ0n) is 9.77. The molecule has 2 N–H and O–H groups in total. The van der Waals surface area contributed by atoms with Crippen molar-refractivity contribution in [1.29, 1.82) is 0 Å². The van der Waals surface area contributed by atoms with E-state index in [4.69, 9.17) is 0 Å². The molecule has 0 radical (unpaired) electrons. The van der Waals surface area contributed by atoms with Crippen molar-refractivity contribution in [2.75, 3.05) is 13.1 Å². The van der Waals surface area contributed by atoms with Gasteiger partial charge >= 0.3 is 5.69 Å². The van der Waals surface area contributed by atoms with Crippen LogP contribution in [-0.2, 0) is 10.0 Å². The summed E-state index contributed by atoms with van der Waals surface area (Å²) in [6.45, 7) is 1.23. The Labute approximate surface area is 116 Å². The molecule has 0 bridgehead atoms. The van der Waals surface area contributed by atoms with Crippen LogP contribution in [0.3, 0.4) is 0 Å². The third kappa shape index (κ3) is 3.60. The van der Waals surface area contributed by atoms with Crippen LogP contribution in [0.25, 0.3) is 0 Å². The Hall–Kier alpha value is -1.29. The average molecular weight is 309 g/mol. The summed E-state index contributed by atoms with van der Waals surface area (Å²) < 4.78 is 26.4. The molecule has 0 saturated carbocycles. The minimum absolute atomic E-state index is 0. The molecule has 0 unspecified atom stereocenters. The molecule has 0 aliphatic carbocycles. The standard InChI is InChI=1S/C9H12N4O4S.ClH/c14-13(15)8-2-1-4-11-9(8)18(16,17)12-7-3-5-10-6-7;/h1-2,4,7,10,12H,3,5-6H2;1H/t7-;/m1./s1. The molecule has 2 rings (SSSR count). The van der Waals surface area contributed by atoms with Crippen LogP contribution in [0.15, 0.2) is 23.4 Å². The molecule has 1 aromatic rings. The van der Waals surface area contributed by atoms with Crippen molar-refractivity contribution < 1.29 is 13.3 Å². The van der Waals surface area contributed by atoms with Gasteiger partial charge in [0.2, 0.25) is 5.03 Å². The molecule has 0 spiro atoms. The highest BCUT2D eigenvalue weighted by Crippen LogP contribution is 2.20. The van der Waals surface area contributed by atoms with Crippen molar-refractivity contribution in [3.8, 4) is 0 Å². The third-order valence-electron chi connectivity index (χ3n) is 2.58. The van der Waals surface area contributed by atoms with Gasteiger partial charge in [-0.05, 0) is 19.0 Å². The van der Waals surface area contributed by atoms with Gasteiger partial charge in [0, 0.05) is 24.8 Å². The molecule has 10 heteroatoms. The highest BCUT2D eigenvalue weighted by Gasteiger charge is 2.30. The molecule has 1 aliphatic heterocycles. The molecule has 19 heavy (non-hydrogen) atoms. The van der Waals surface area contributed by atoms with Crippen molar-refractivity contribution in [3.05, 3.63) is 28.4 Å². The number of hydrogen-bond acceptors (Lipinski definition) is 6. The monoisotopic (exact) mass is 308 g/mol. The topological polar surface area (TPSA) is 114 Å². The maximum Gasteiger partial charge on any atom is 0.308 e. The number of nitrogens with zero attached hydrogens (tertiary/aromatic N) is 2. The van der Waals surface area contributed by atoms with Crippen LogP contribution in [0.1, 0.15) is 6.42 Å². The highest BCUT2D eigenvalue weighted by molar-refractivity contribution is 7.89. The largest absolute Gasteiger partial charge is 0.315 e. The van der Waals surface area contributed by atoms with E-state index in [0.717, 1.165) is 12.6 Å². The number of rotatable bonds is 4. The van der Waals surface area contributed by atoms with Crippen molar-refractivity contribution in [2.45, 2.75) is 17.5 Å². The summed E-state index contributed by atoms with van der Waals surface area (Å²) in [6.07, 6.45) is 1.87. The lowest BCUT2D eigenvalue weighted by Crippen LogP contribution is -2.36. The summed E-state index contributed by atoms with van der Waals surface area (Å²) in [7, 11) is -3.96. The van der Waals surface area contributed by atoms with Gasteiger partial charge in [-0.2, -0.15) is 0 Å². The van der Waals surface area contributed by atoms with Crippen LogP contribution < -0.4 is 10.0 Å². The Kier molecular flexibility index (Phi) is 5.18. The van der Waals surface area contributed by atoms with Crippen molar-refractivity contribution in [1.82, 2.24) is 15.0 Å². The molecule has 1 fully saturated rings. The lowest BCUT2D eigenvalue weighted by atomic mass is 10.3. The molecule has 1 atom stereocenters. The fourth-order valence-corrected chi connectivity index (χ4v) is 3.13. The maximum atomic E-state index is 12.0. The summed E-state index contributed by atoms with van der Waals surface area (Å²) in [5, 5.41) is 13.2. The van der Waals surface area contributed by atoms with E-state index in [-0.39, 0.29) is 18.4 Å². The Morgan fingerprint density at radius 3 is 2.84 bits per heavy atom. The summed E-state index contributed by atoms with van der Waals surface area (Å²) in [5.74, 6) is 0. The maximum absolute atomic E-state index is 12.0. The minimum Gasteiger partial charge on any atom is -0.315 e. The SMILES string of the molecule is Cl.O=[N+]([O-])c1cccnc1S(=O)(=O)N[C@@H]1CCNC1. The van der Waals surface area contributed by atoms with Crippen molar-refractivity contribution in [2.24, 2.45) is 0 Å². The molecule has 0 amide bonds. The second-order valence-corrected chi connectivity index (χ2v) is 5.53. The molecule has 8 nitrogen and oxygen atoms in total. The molecule has 1 aromatic heterocycles. The number of halogens is 1. The molecule has 1 saturated heterocycles. The van der Waals surface area contributed by atoms with E-state index in [1.165, 1.54) is 12.3 Å². The van der Waals surface area contributed by atoms with E-state index in [0.29, 0.717) is 13.0 Å². The van der Waals surface area contributed by atoms with Crippen molar-refractivity contribution in [3.63, 3.8) is 0 Å². The minimum atomic E-state index is -3.96. The highest BCUT2D eigenvalue weighted by atomic mass is 35.5. The van der Waals surface area contributed by atoms with E-state index in [9.17, 15) is 18.5 Å². The van der Waals surface area contributed by atoms with Crippen LogP contribution in [-0.4, -0.2) is 37.5 Å². The summed E-state index contributed by atoms with van der Waals surface area (Å²) in [6, 6.07) is 2.19. The van der Waals surface area contributed by atoms with Crippen molar-refractivity contribution >= 4 is 28.1 Å². The van der Waals surface area contributed by atoms with Gasteiger partial charge < -0.3 is 5.32 Å². The molecular formula is C9H13ClN4O4S. The van der Waals surface area contributed by atoms with E-state index in [1.54, 1.807) is 0 Å². The lowest BCUT2D eigenvalue weighted by molar-refractivity contribution is -0.388. The Morgan fingerprint density at radius 2 is 2.26 bits per heavy atom. The van der Waals surface area contributed by atoms with Crippen LogP contribution in [0, 0.1) is 10.1 Å². The molecular weight excluding hydrogens is 296 g/mol. The second-order valence-electron chi connectivity index (χ2n) is 3.90. The van der Waals surface area contributed by atoms with E-state index in [1.807, 2.05) is 0 Å². The first-order chi connectivity index (χ1) is 8.50. The van der Waals surface area contributed by atoms with Crippen LogP contribution in [0.2, 0.25) is 0 Å². The van der Waals surface area contributed by atoms with Gasteiger partial charge in [0.25, 0.3) is 10.0 Å². The van der Waals surface area contributed by atoms with Gasteiger partial charge in [-0.25, -0.2) is 18.1 Å². The van der Waals surface area contributed by atoms with Crippen LogP contribution in [0.5, 0.6) is 0 Å². The fraction of sp³-hybridized carbons (Fsp3) is 0.444. The second kappa shape index (κ2) is 6.24. The summed E-state index contributed by atoms with van der Waals surface area (Å²) in [5.41, 5.74) is -0.518. The summed E-state index contributed by atoms with van der Waals surface area (Å²) >= 11 is 0. The van der Waals surface area contributed by atoms with Gasteiger partial charge in [-0.3, -0.25) is 10.1 Å². The predicted octanol–water partition coefficient (Wildman–Crippen LogP) is 0.0518. The zero-order chi connectivity index (χ0) is 13.2. The molecule has 2 heterocycles. The lowest BCUT2D eigenvalue weighted by Gasteiger charge is -2.11. The Bertz CT molecular complexity index is 559. The van der Waals surface area contributed by atoms with Gasteiger partial charge in [0.05, 0.1) is 4.92 Å². The number of aromatic nitrogens is 1. The summed E-state index contributed by atoms with van der Waals surface area (Å²) in [4.78, 5) is 13.6. The van der Waals surface area contributed by atoms with Gasteiger partial charge in [-0.15, -0.1) is 12.4 Å². The molecule has 106 valence electrons. The Balaban J connectivity index is 0.00000180.